The Morgan fingerprint density at radius 1 is 1.19 bits per heavy atom. The van der Waals surface area contributed by atoms with Crippen molar-refractivity contribution in [2.45, 2.75) is 39.5 Å². The average molecular weight is 303 g/mol. The van der Waals surface area contributed by atoms with Crippen molar-refractivity contribution >= 4 is 29.6 Å². The Hall–Kier alpha value is -1.68. The number of allylic oxidation sites excluding steroid dienone is 1. The molecule has 0 fully saturated rings. The normalized spacial score (nSPS) is 11.6. The molecule has 0 radical (unpaired) electrons. The van der Waals surface area contributed by atoms with Crippen molar-refractivity contribution in [1.82, 2.24) is 10.7 Å². The molecule has 0 saturated carbocycles. The topological polar surface area (TPSA) is 36.4 Å². The molecule has 4 heteroatoms. The first kappa shape index (κ1) is 17.4. The zero-order chi connectivity index (χ0) is 15.3. The van der Waals surface area contributed by atoms with E-state index < -0.39 is 0 Å². The summed E-state index contributed by atoms with van der Waals surface area (Å²) in [5.74, 6) is 0. The van der Waals surface area contributed by atoms with Crippen LogP contribution in [-0.4, -0.2) is 17.9 Å². The molecule has 1 aromatic rings. The van der Waals surface area contributed by atoms with Gasteiger partial charge in [-0.3, -0.25) is 5.43 Å². The van der Waals surface area contributed by atoms with Crippen molar-refractivity contribution in [3.05, 3.63) is 41.5 Å². The summed E-state index contributed by atoms with van der Waals surface area (Å²) in [4.78, 5) is 0. The maximum atomic E-state index is 5.09. The molecule has 0 spiro atoms. The van der Waals surface area contributed by atoms with E-state index in [2.05, 4.69) is 41.0 Å². The van der Waals surface area contributed by atoms with Gasteiger partial charge in [0, 0.05) is 6.54 Å². The molecule has 3 nitrogen and oxygen atoms in total. The Morgan fingerprint density at radius 2 is 1.95 bits per heavy atom. The average Bonchev–Trinajstić information content (AvgIpc) is 2.48. The molecule has 0 amide bonds. The highest BCUT2D eigenvalue weighted by molar-refractivity contribution is 7.80. The molecule has 0 bridgehead atoms. The number of hydrogen-bond acceptors (Lipinski definition) is 2. The lowest BCUT2D eigenvalue weighted by molar-refractivity contribution is 0.724. The van der Waals surface area contributed by atoms with E-state index in [-0.39, 0.29) is 0 Å². The lowest BCUT2D eigenvalue weighted by Crippen LogP contribution is -2.31. The maximum Gasteiger partial charge on any atom is 0.186 e. The van der Waals surface area contributed by atoms with Crippen molar-refractivity contribution in [3.8, 4) is 0 Å². The van der Waals surface area contributed by atoms with Gasteiger partial charge in [-0.1, -0.05) is 56.2 Å². The minimum Gasteiger partial charge on any atom is -0.362 e. The first-order chi connectivity index (χ1) is 10.3. The Bertz CT molecular complexity index is 466. The number of rotatable bonds is 8. The van der Waals surface area contributed by atoms with Crippen LogP contribution in [-0.2, 0) is 0 Å². The highest BCUT2D eigenvalue weighted by atomic mass is 32.1. The Balaban J connectivity index is 2.66. The Labute approximate surface area is 133 Å². The molecule has 2 N–H and O–H groups in total. The van der Waals surface area contributed by atoms with Crippen LogP contribution in [0.3, 0.4) is 0 Å². The van der Waals surface area contributed by atoms with E-state index in [1.807, 2.05) is 31.3 Å². The highest BCUT2D eigenvalue weighted by Gasteiger charge is 1.96. The molecule has 0 heterocycles. The molecular weight excluding hydrogens is 278 g/mol. The van der Waals surface area contributed by atoms with Crippen molar-refractivity contribution < 1.29 is 0 Å². The van der Waals surface area contributed by atoms with E-state index in [1.54, 1.807) is 0 Å². The molecule has 1 rings (SSSR count). The number of benzene rings is 1. The van der Waals surface area contributed by atoms with Gasteiger partial charge in [0.25, 0.3) is 0 Å². The lowest BCUT2D eigenvalue weighted by Gasteiger charge is -2.05. The first-order valence-electron chi connectivity index (χ1n) is 7.58. The Kier molecular flexibility index (Phi) is 9.13. The van der Waals surface area contributed by atoms with Gasteiger partial charge in [0.2, 0.25) is 0 Å². The summed E-state index contributed by atoms with van der Waals surface area (Å²) in [6, 6.07) is 10.3. The van der Waals surface area contributed by atoms with E-state index in [0.29, 0.717) is 5.11 Å². The third kappa shape index (κ3) is 8.25. The number of nitrogens with one attached hydrogen (secondary N) is 2. The predicted octanol–water partition coefficient (Wildman–Crippen LogP) is 4.12. The summed E-state index contributed by atoms with van der Waals surface area (Å²) < 4.78 is 0. The maximum absolute atomic E-state index is 5.09. The second kappa shape index (κ2) is 11.0. The molecule has 1 aromatic carbocycles. The number of hydrogen-bond donors (Lipinski definition) is 2. The zero-order valence-corrected chi connectivity index (χ0v) is 13.7. The van der Waals surface area contributed by atoms with Crippen LogP contribution in [0.1, 0.15) is 45.1 Å². The molecule has 0 unspecified atom stereocenters. The van der Waals surface area contributed by atoms with Gasteiger partial charge in [-0.2, -0.15) is 5.10 Å². The third-order valence-electron chi connectivity index (χ3n) is 2.95. The van der Waals surface area contributed by atoms with Gasteiger partial charge in [0.05, 0.1) is 6.21 Å². The van der Waals surface area contributed by atoms with E-state index in [0.717, 1.165) is 13.0 Å². The first-order valence-corrected chi connectivity index (χ1v) is 7.99. The fourth-order valence-corrected chi connectivity index (χ4v) is 2.09. The molecule has 21 heavy (non-hydrogen) atoms. The molecule has 0 aliphatic carbocycles. The molecule has 0 aliphatic heterocycles. The summed E-state index contributed by atoms with van der Waals surface area (Å²) in [5, 5.41) is 7.78. The highest BCUT2D eigenvalue weighted by Crippen LogP contribution is 2.12. The number of thiocarbonyl (C=S) groups is 1. The smallest absolute Gasteiger partial charge is 0.186 e. The molecule has 0 saturated heterocycles. The zero-order valence-electron chi connectivity index (χ0n) is 12.9. The van der Waals surface area contributed by atoms with Crippen LogP contribution in [0.5, 0.6) is 0 Å². The lowest BCUT2D eigenvalue weighted by atomic mass is 10.1. The molecule has 0 aromatic heterocycles. The van der Waals surface area contributed by atoms with Crippen molar-refractivity contribution in [2.24, 2.45) is 5.10 Å². The van der Waals surface area contributed by atoms with E-state index in [9.17, 15) is 0 Å². The van der Waals surface area contributed by atoms with Crippen molar-refractivity contribution in [3.63, 3.8) is 0 Å². The summed E-state index contributed by atoms with van der Waals surface area (Å²) in [5.41, 5.74) is 5.25. The van der Waals surface area contributed by atoms with Gasteiger partial charge in [0.15, 0.2) is 5.11 Å². The fourth-order valence-electron chi connectivity index (χ4n) is 1.89. The van der Waals surface area contributed by atoms with E-state index in [1.165, 1.54) is 30.4 Å². The largest absolute Gasteiger partial charge is 0.362 e. The molecule has 0 aliphatic rings. The predicted molar refractivity (Wildman–Crippen MR) is 96.5 cm³/mol. The van der Waals surface area contributed by atoms with E-state index in [4.69, 9.17) is 12.2 Å². The minimum absolute atomic E-state index is 0.557. The summed E-state index contributed by atoms with van der Waals surface area (Å²) in [7, 11) is 0. The Morgan fingerprint density at radius 3 is 2.62 bits per heavy atom. The number of hydrazone groups is 1. The molecular formula is C17H25N3S. The monoisotopic (exact) mass is 303 g/mol. The van der Waals surface area contributed by atoms with Gasteiger partial charge < -0.3 is 5.32 Å². The van der Waals surface area contributed by atoms with Crippen molar-refractivity contribution in [1.29, 1.82) is 0 Å². The standard InChI is InChI=1S/C17H25N3S/c1-3-5-7-12-16(13-15-10-8-6-9-11-15)14-19-20-17(21)18-4-2/h6,8-11,13-14H,3-5,7,12H2,1-2H3,(H2,18,20,21)/b16-13+,19-14-. The minimum atomic E-state index is 0.557. The van der Waals surface area contributed by atoms with Crippen molar-refractivity contribution in [2.75, 3.05) is 6.54 Å². The van der Waals surface area contributed by atoms with Gasteiger partial charge >= 0.3 is 0 Å². The van der Waals surface area contributed by atoms with Gasteiger partial charge in [-0.05, 0) is 43.1 Å². The van der Waals surface area contributed by atoms with Gasteiger partial charge in [-0.15, -0.1) is 0 Å². The number of nitrogens with zero attached hydrogens (tertiary/aromatic N) is 1. The van der Waals surface area contributed by atoms with Crippen LogP contribution in [0.4, 0.5) is 0 Å². The summed E-state index contributed by atoms with van der Waals surface area (Å²) in [6.45, 7) is 5.01. The fraction of sp³-hybridized carbons (Fsp3) is 0.412. The van der Waals surface area contributed by atoms with Crippen LogP contribution >= 0.6 is 12.2 Å². The van der Waals surface area contributed by atoms with E-state index >= 15 is 0 Å². The van der Waals surface area contributed by atoms with Crippen LogP contribution < -0.4 is 10.7 Å². The van der Waals surface area contributed by atoms with Crippen LogP contribution in [0.2, 0.25) is 0 Å². The van der Waals surface area contributed by atoms with Gasteiger partial charge in [-0.25, -0.2) is 0 Å². The third-order valence-corrected chi connectivity index (χ3v) is 3.19. The second-order valence-corrected chi connectivity index (χ2v) is 5.22. The quantitative estimate of drug-likeness (QED) is 0.328. The van der Waals surface area contributed by atoms with Gasteiger partial charge in [0.1, 0.15) is 0 Å². The SMILES string of the molecule is CCCCCC(/C=N\NC(=S)NCC)=C\c1ccccc1. The summed E-state index contributed by atoms with van der Waals surface area (Å²) >= 11 is 5.09. The van der Waals surface area contributed by atoms with Crippen LogP contribution in [0, 0.1) is 0 Å². The van der Waals surface area contributed by atoms with Crippen LogP contribution in [0.25, 0.3) is 6.08 Å². The number of unbranched alkanes of at least 4 members (excludes halogenated alkanes) is 2. The van der Waals surface area contributed by atoms with Crippen LogP contribution in [0.15, 0.2) is 41.0 Å². The summed E-state index contributed by atoms with van der Waals surface area (Å²) in [6.07, 6.45) is 8.71. The molecule has 114 valence electrons. The second-order valence-electron chi connectivity index (χ2n) is 4.82. The molecule has 0 atom stereocenters.